The summed E-state index contributed by atoms with van der Waals surface area (Å²) in [5.41, 5.74) is 3.88. The summed E-state index contributed by atoms with van der Waals surface area (Å²) in [5, 5.41) is 11.8. The minimum atomic E-state index is -0.398. The van der Waals surface area contributed by atoms with E-state index in [1.165, 1.54) is 12.1 Å². The van der Waals surface area contributed by atoms with Crippen molar-refractivity contribution < 1.29 is 4.92 Å². The van der Waals surface area contributed by atoms with Gasteiger partial charge in [-0.3, -0.25) is 10.1 Å². The summed E-state index contributed by atoms with van der Waals surface area (Å²) in [4.78, 5) is 14.9. The second-order valence-corrected chi connectivity index (χ2v) is 5.07. The zero-order chi connectivity index (χ0) is 15.5. The van der Waals surface area contributed by atoms with Gasteiger partial charge in [0.1, 0.15) is 0 Å². The molecule has 0 aliphatic carbocycles. The van der Waals surface area contributed by atoms with Crippen molar-refractivity contribution in [1.82, 2.24) is 4.98 Å². The van der Waals surface area contributed by atoms with Crippen LogP contribution in [0, 0.1) is 10.1 Å². The molecule has 1 aromatic heterocycles. The average Bonchev–Trinajstić information content (AvgIpc) is 2.55. The van der Waals surface area contributed by atoms with Crippen LogP contribution in [0.15, 0.2) is 60.7 Å². The van der Waals surface area contributed by atoms with Crippen molar-refractivity contribution in [2.45, 2.75) is 6.92 Å². The summed E-state index contributed by atoms with van der Waals surface area (Å²) in [7, 11) is 0. The monoisotopic (exact) mass is 290 g/mol. The first-order valence-electron chi connectivity index (χ1n) is 6.92. The summed E-state index contributed by atoms with van der Waals surface area (Å²) in [5.74, 6) is 0. The topological polar surface area (TPSA) is 56.0 Å². The molecule has 0 atom stereocenters. The average molecular weight is 290 g/mol. The molecule has 3 rings (SSSR count). The van der Waals surface area contributed by atoms with Gasteiger partial charge in [-0.2, -0.15) is 0 Å². The fourth-order valence-corrected chi connectivity index (χ4v) is 2.30. The van der Waals surface area contributed by atoms with Gasteiger partial charge >= 0.3 is 0 Å². The molecule has 0 aliphatic rings. The molecular formula is C18H14N2O2. The largest absolute Gasteiger partial charge is 0.269 e. The molecule has 0 spiro atoms. The maximum atomic E-state index is 10.7. The first kappa shape index (κ1) is 13.9. The van der Waals surface area contributed by atoms with Crippen LogP contribution in [-0.2, 0) is 0 Å². The number of pyridine rings is 1. The van der Waals surface area contributed by atoms with E-state index in [1.54, 1.807) is 12.1 Å². The van der Waals surface area contributed by atoms with Crippen molar-refractivity contribution in [3.8, 4) is 0 Å². The van der Waals surface area contributed by atoms with Gasteiger partial charge in [-0.05, 0) is 48.4 Å². The number of benzene rings is 2. The molecule has 0 radical (unpaired) electrons. The first-order valence-corrected chi connectivity index (χ1v) is 6.92. The van der Waals surface area contributed by atoms with E-state index in [4.69, 9.17) is 0 Å². The van der Waals surface area contributed by atoms with Crippen molar-refractivity contribution in [1.29, 1.82) is 0 Å². The molecule has 3 aromatic rings. The minimum absolute atomic E-state index is 0.0960. The van der Waals surface area contributed by atoms with Crippen molar-refractivity contribution in [2.75, 3.05) is 0 Å². The SMILES string of the molecule is CC(=Cc1ccc([N+](=O)[O-])cc1)c1ccc2ccccc2n1. The van der Waals surface area contributed by atoms with Crippen LogP contribution >= 0.6 is 0 Å². The van der Waals surface area contributed by atoms with Crippen LogP contribution in [0.1, 0.15) is 18.2 Å². The van der Waals surface area contributed by atoms with Gasteiger partial charge in [-0.15, -0.1) is 0 Å². The standard InChI is InChI=1S/C18H14N2O2/c1-13(12-14-6-9-16(10-7-14)20(21)22)17-11-8-15-4-2-3-5-18(15)19-17/h2-12H,1H3. The zero-order valence-electron chi connectivity index (χ0n) is 12.1. The second kappa shape index (κ2) is 5.77. The van der Waals surface area contributed by atoms with Gasteiger partial charge in [0.05, 0.1) is 16.1 Å². The van der Waals surface area contributed by atoms with Gasteiger partial charge in [-0.25, -0.2) is 4.98 Å². The summed E-state index contributed by atoms with van der Waals surface area (Å²) < 4.78 is 0. The summed E-state index contributed by atoms with van der Waals surface area (Å²) in [6, 6.07) is 18.5. The Bertz CT molecular complexity index is 868. The van der Waals surface area contributed by atoms with Gasteiger partial charge in [-0.1, -0.05) is 24.3 Å². The van der Waals surface area contributed by atoms with Gasteiger partial charge in [0, 0.05) is 17.5 Å². The molecule has 0 saturated carbocycles. The van der Waals surface area contributed by atoms with Crippen LogP contribution in [0.4, 0.5) is 5.69 Å². The second-order valence-electron chi connectivity index (χ2n) is 5.07. The Hall–Kier alpha value is -3.01. The Labute approximate surface area is 127 Å². The van der Waals surface area contributed by atoms with Crippen molar-refractivity contribution in [3.63, 3.8) is 0 Å². The lowest BCUT2D eigenvalue weighted by Gasteiger charge is -2.04. The predicted molar refractivity (Wildman–Crippen MR) is 88.4 cm³/mol. The number of allylic oxidation sites excluding steroid dienone is 1. The third kappa shape index (κ3) is 2.86. The van der Waals surface area contributed by atoms with E-state index in [0.29, 0.717) is 0 Å². The summed E-state index contributed by atoms with van der Waals surface area (Å²) in [6.07, 6.45) is 1.97. The molecule has 0 fully saturated rings. The van der Waals surface area contributed by atoms with Crippen LogP contribution < -0.4 is 0 Å². The molecule has 0 amide bonds. The molecule has 4 nitrogen and oxygen atoms in total. The number of fused-ring (bicyclic) bond motifs is 1. The lowest BCUT2D eigenvalue weighted by atomic mass is 10.1. The molecule has 0 saturated heterocycles. The van der Waals surface area contributed by atoms with Crippen LogP contribution in [0.5, 0.6) is 0 Å². The van der Waals surface area contributed by atoms with E-state index in [2.05, 4.69) is 4.98 Å². The van der Waals surface area contributed by atoms with Crippen molar-refractivity contribution in [2.24, 2.45) is 0 Å². The Kier molecular flexibility index (Phi) is 3.66. The number of nitrogens with zero attached hydrogens (tertiary/aromatic N) is 2. The number of nitro benzene ring substituents is 1. The third-order valence-corrected chi connectivity index (χ3v) is 3.49. The lowest BCUT2D eigenvalue weighted by Crippen LogP contribution is -1.88. The van der Waals surface area contributed by atoms with E-state index in [1.807, 2.05) is 49.4 Å². The van der Waals surface area contributed by atoms with E-state index >= 15 is 0 Å². The maximum Gasteiger partial charge on any atom is 0.269 e. The zero-order valence-corrected chi connectivity index (χ0v) is 12.1. The maximum absolute atomic E-state index is 10.7. The summed E-state index contributed by atoms with van der Waals surface area (Å²) >= 11 is 0. The summed E-state index contributed by atoms with van der Waals surface area (Å²) in [6.45, 7) is 1.98. The fourth-order valence-electron chi connectivity index (χ4n) is 2.30. The number of non-ortho nitro benzene ring substituents is 1. The molecular weight excluding hydrogens is 276 g/mol. The molecule has 108 valence electrons. The number of hydrogen-bond acceptors (Lipinski definition) is 3. The van der Waals surface area contributed by atoms with Crippen LogP contribution in [0.3, 0.4) is 0 Å². The Morgan fingerprint density at radius 1 is 1.05 bits per heavy atom. The Morgan fingerprint density at radius 3 is 2.50 bits per heavy atom. The molecule has 22 heavy (non-hydrogen) atoms. The van der Waals surface area contributed by atoms with E-state index in [0.717, 1.165) is 27.7 Å². The Morgan fingerprint density at radius 2 is 1.77 bits per heavy atom. The van der Waals surface area contributed by atoms with Gasteiger partial charge in [0.25, 0.3) is 5.69 Å². The van der Waals surface area contributed by atoms with Crippen molar-refractivity contribution in [3.05, 3.63) is 82.0 Å². The Balaban J connectivity index is 1.93. The highest BCUT2D eigenvalue weighted by Gasteiger charge is 2.04. The highest BCUT2D eigenvalue weighted by molar-refractivity contribution is 5.84. The molecule has 4 heteroatoms. The van der Waals surface area contributed by atoms with Crippen LogP contribution in [0.25, 0.3) is 22.6 Å². The van der Waals surface area contributed by atoms with Gasteiger partial charge in [0.2, 0.25) is 0 Å². The smallest absolute Gasteiger partial charge is 0.258 e. The van der Waals surface area contributed by atoms with Gasteiger partial charge < -0.3 is 0 Å². The predicted octanol–water partition coefficient (Wildman–Crippen LogP) is 4.70. The molecule has 2 aromatic carbocycles. The first-order chi connectivity index (χ1) is 10.6. The van der Waals surface area contributed by atoms with Crippen molar-refractivity contribution >= 4 is 28.2 Å². The quantitative estimate of drug-likeness (QED) is 0.518. The number of hydrogen-bond donors (Lipinski definition) is 0. The highest BCUT2D eigenvalue weighted by atomic mass is 16.6. The third-order valence-electron chi connectivity index (χ3n) is 3.49. The lowest BCUT2D eigenvalue weighted by molar-refractivity contribution is -0.384. The van der Waals surface area contributed by atoms with Gasteiger partial charge in [0.15, 0.2) is 0 Å². The number of nitro groups is 1. The molecule has 1 heterocycles. The number of aromatic nitrogens is 1. The van der Waals surface area contributed by atoms with E-state index in [9.17, 15) is 10.1 Å². The molecule has 0 aliphatic heterocycles. The van der Waals surface area contributed by atoms with E-state index in [-0.39, 0.29) is 5.69 Å². The van der Waals surface area contributed by atoms with E-state index < -0.39 is 4.92 Å². The number of rotatable bonds is 3. The fraction of sp³-hybridized carbons (Fsp3) is 0.0556. The molecule has 0 bridgehead atoms. The highest BCUT2D eigenvalue weighted by Crippen LogP contribution is 2.20. The minimum Gasteiger partial charge on any atom is -0.258 e. The molecule has 0 N–H and O–H groups in total. The number of para-hydroxylation sites is 1. The van der Waals surface area contributed by atoms with Crippen LogP contribution in [0.2, 0.25) is 0 Å². The normalized spacial score (nSPS) is 11.6. The van der Waals surface area contributed by atoms with Crippen LogP contribution in [-0.4, -0.2) is 9.91 Å². The molecule has 0 unspecified atom stereocenters.